The zero-order valence-electron chi connectivity index (χ0n) is 20.1. The maximum atomic E-state index is 12.0. The molecule has 1 N–H and O–H groups in total. The van der Waals surface area contributed by atoms with Gasteiger partial charge in [0.25, 0.3) is 5.56 Å². The Hall–Kier alpha value is -2.77. The number of thioether (sulfide) groups is 1. The molecule has 178 valence electrons. The molecular weight excluding hydrogens is 468 g/mol. The van der Waals surface area contributed by atoms with E-state index < -0.39 is 0 Å². The predicted octanol–water partition coefficient (Wildman–Crippen LogP) is 6.21. The molecule has 0 spiro atoms. The van der Waals surface area contributed by atoms with Gasteiger partial charge in [-0.25, -0.2) is 14.5 Å². The first-order valence-electron chi connectivity index (χ1n) is 11.2. The average Bonchev–Trinajstić information content (AvgIpc) is 3.17. The number of benzene rings is 2. The second-order valence-corrected chi connectivity index (χ2v) is 10.8. The number of hydrogen-bond donors (Lipinski definition) is 1. The Kier molecular flexibility index (Phi) is 7.05. The molecular formula is C26H29ClN4O2S. The van der Waals surface area contributed by atoms with Gasteiger partial charge in [-0.15, -0.1) is 0 Å². The Balaban J connectivity index is 1.47. The number of hydrogen-bond acceptors (Lipinski definition) is 5. The molecule has 0 amide bonds. The minimum Gasteiger partial charge on any atom is -0.494 e. The van der Waals surface area contributed by atoms with Gasteiger partial charge in [-0.05, 0) is 54.5 Å². The van der Waals surface area contributed by atoms with Crippen molar-refractivity contribution in [2.75, 3.05) is 12.4 Å². The van der Waals surface area contributed by atoms with Crippen LogP contribution >= 0.6 is 23.4 Å². The maximum absolute atomic E-state index is 12.0. The number of H-pyrrole nitrogens is 1. The molecule has 0 aliphatic heterocycles. The van der Waals surface area contributed by atoms with Crippen LogP contribution in [-0.4, -0.2) is 31.9 Å². The summed E-state index contributed by atoms with van der Waals surface area (Å²) >= 11 is 7.80. The van der Waals surface area contributed by atoms with Crippen molar-refractivity contribution in [1.29, 1.82) is 0 Å². The summed E-state index contributed by atoms with van der Waals surface area (Å²) in [4.78, 5) is 21.3. The van der Waals surface area contributed by atoms with E-state index >= 15 is 0 Å². The molecule has 0 aliphatic carbocycles. The number of rotatable bonds is 7. The Labute approximate surface area is 208 Å². The van der Waals surface area contributed by atoms with Crippen molar-refractivity contribution in [2.24, 2.45) is 0 Å². The normalized spacial score (nSPS) is 11.8. The molecule has 0 atom stereocenters. The van der Waals surface area contributed by atoms with Gasteiger partial charge in [-0.1, -0.05) is 68.4 Å². The highest BCUT2D eigenvalue weighted by Gasteiger charge is 2.15. The third-order valence-electron chi connectivity index (χ3n) is 5.53. The number of halogens is 1. The van der Waals surface area contributed by atoms with Gasteiger partial charge in [0.2, 0.25) is 0 Å². The first kappa shape index (κ1) is 24.4. The van der Waals surface area contributed by atoms with E-state index in [1.807, 2.05) is 38.1 Å². The summed E-state index contributed by atoms with van der Waals surface area (Å²) in [5.41, 5.74) is 4.61. The fourth-order valence-electron chi connectivity index (χ4n) is 3.63. The van der Waals surface area contributed by atoms with E-state index in [2.05, 4.69) is 43.0 Å². The molecule has 34 heavy (non-hydrogen) atoms. The van der Waals surface area contributed by atoms with Crippen LogP contribution in [0.1, 0.15) is 43.9 Å². The van der Waals surface area contributed by atoms with Crippen LogP contribution in [0, 0.1) is 13.8 Å². The van der Waals surface area contributed by atoms with Gasteiger partial charge in [-0.2, -0.15) is 0 Å². The molecule has 0 aliphatic rings. The summed E-state index contributed by atoms with van der Waals surface area (Å²) in [6.07, 6.45) is 0.817. The third kappa shape index (κ3) is 5.47. The first-order chi connectivity index (χ1) is 16.1. The largest absolute Gasteiger partial charge is 0.494 e. The molecule has 2 aromatic carbocycles. The van der Waals surface area contributed by atoms with E-state index in [9.17, 15) is 4.79 Å². The summed E-state index contributed by atoms with van der Waals surface area (Å²) < 4.78 is 7.56. The number of aromatic amines is 1. The number of nitrogens with one attached hydrogen (secondary N) is 1. The lowest BCUT2D eigenvalue weighted by molar-refractivity contribution is 0.318. The summed E-state index contributed by atoms with van der Waals surface area (Å²) in [6.45, 7) is 11.1. The summed E-state index contributed by atoms with van der Waals surface area (Å²) in [6, 6.07) is 13.7. The second-order valence-electron chi connectivity index (χ2n) is 9.39. The molecule has 4 rings (SSSR count). The van der Waals surface area contributed by atoms with Gasteiger partial charge >= 0.3 is 0 Å². The first-order valence-corrected chi connectivity index (χ1v) is 12.6. The Morgan fingerprint density at radius 2 is 1.74 bits per heavy atom. The fraction of sp³-hybridized carbons (Fsp3) is 0.346. The van der Waals surface area contributed by atoms with E-state index in [-0.39, 0.29) is 11.0 Å². The van der Waals surface area contributed by atoms with Crippen LogP contribution in [0.25, 0.3) is 17.0 Å². The summed E-state index contributed by atoms with van der Waals surface area (Å²) in [7, 11) is 0. The van der Waals surface area contributed by atoms with Crippen molar-refractivity contribution in [1.82, 2.24) is 19.6 Å². The number of aryl methyl sites for hydroxylation is 2. The van der Waals surface area contributed by atoms with Gasteiger partial charge in [0, 0.05) is 22.4 Å². The molecule has 0 saturated heterocycles. The lowest BCUT2D eigenvalue weighted by atomic mass is 9.87. The van der Waals surface area contributed by atoms with Crippen molar-refractivity contribution in [3.63, 3.8) is 0 Å². The lowest BCUT2D eigenvalue weighted by Crippen LogP contribution is -2.10. The van der Waals surface area contributed by atoms with E-state index in [0.29, 0.717) is 23.2 Å². The van der Waals surface area contributed by atoms with Crippen LogP contribution in [0.15, 0.2) is 52.4 Å². The van der Waals surface area contributed by atoms with Crippen molar-refractivity contribution in [2.45, 2.75) is 51.6 Å². The van der Waals surface area contributed by atoms with Crippen molar-refractivity contribution in [3.05, 3.63) is 74.5 Å². The molecule has 0 fully saturated rings. The van der Waals surface area contributed by atoms with Crippen molar-refractivity contribution < 1.29 is 4.74 Å². The fourth-order valence-corrected chi connectivity index (χ4v) is 4.60. The molecule has 0 radical (unpaired) electrons. The number of fused-ring (bicyclic) bond motifs is 1. The minimum absolute atomic E-state index is 0.0732. The Bertz CT molecular complexity index is 1350. The van der Waals surface area contributed by atoms with E-state index in [0.717, 1.165) is 39.6 Å². The Morgan fingerprint density at radius 3 is 2.38 bits per heavy atom. The maximum Gasteiger partial charge on any atom is 0.266 e. The number of nitrogens with zero attached hydrogens (tertiary/aromatic N) is 3. The highest BCUT2D eigenvalue weighted by atomic mass is 35.5. The van der Waals surface area contributed by atoms with Crippen LogP contribution in [0.5, 0.6) is 5.75 Å². The standard InChI is InChI=1S/C26H29ClN4O2S/c1-16-13-20(14-17(2)23(16)27)33-11-6-12-34-25-29-24(28-21-15-22(32)30-31(21)25)18-7-9-19(10-8-18)26(3,4)5/h7-10,13-15H,6,11-12H2,1-5H3,(H,30,32). The molecule has 8 heteroatoms. The molecule has 0 unspecified atom stereocenters. The number of aromatic nitrogens is 4. The van der Waals surface area contributed by atoms with E-state index in [1.165, 1.54) is 11.6 Å². The molecule has 4 aromatic rings. The number of ether oxygens (including phenoxy) is 1. The molecule has 2 heterocycles. The summed E-state index contributed by atoms with van der Waals surface area (Å²) in [5, 5.41) is 4.26. The third-order valence-corrected chi connectivity index (χ3v) is 7.15. The monoisotopic (exact) mass is 496 g/mol. The van der Waals surface area contributed by atoms with E-state index in [4.69, 9.17) is 21.3 Å². The quantitative estimate of drug-likeness (QED) is 0.243. The highest BCUT2D eigenvalue weighted by Crippen LogP contribution is 2.28. The van der Waals surface area contributed by atoms with Crippen molar-refractivity contribution in [3.8, 4) is 17.1 Å². The van der Waals surface area contributed by atoms with Gasteiger partial charge in [0.05, 0.1) is 6.61 Å². The average molecular weight is 497 g/mol. The summed E-state index contributed by atoms with van der Waals surface area (Å²) in [5.74, 6) is 2.20. The lowest BCUT2D eigenvalue weighted by Gasteiger charge is -2.19. The van der Waals surface area contributed by atoms with Gasteiger partial charge < -0.3 is 4.74 Å². The van der Waals surface area contributed by atoms with Crippen molar-refractivity contribution >= 4 is 29.0 Å². The van der Waals surface area contributed by atoms with Crippen LogP contribution in [0.4, 0.5) is 0 Å². The van der Waals surface area contributed by atoms with Gasteiger partial charge in [0.15, 0.2) is 16.6 Å². The molecule has 0 saturated carbocycles. The van der Waals surface area contributed by atoms with Crippen LogP contribution < -0.4 is 10.3 Å². The highest BCUT2D eigenvalue weighted by molar-refractivity contribution is 7.99. The Morgan fingerprint density at radius 1 is 1.06 bits per heavy atom. The molecule has 2 aromatic heterocycles. The zero-order valence-corrected chi connectivity index (χ0v) is 21.7. The minimum atomic E-state index is -0.201. The SMILES string of the molecule is Cc1cc(OCCCSc2nc(-c3ccc(C(C)(C)C)cc3)nc3cc(=O)[nH]n23)cc(C)c1Cl. The molecule has 0 bridgehead atoms. The molecule has 6 nitrogen and oxygen atoms in total. The van der Waals surface area contributed by atoms with E-state index in [1.54, 1.807) is 16.3 Å². The van der Waals surface area contributed by atoms with Crippen LogP contribution in [0.3, 0.4) is 0 Å². The predicted molar refractivity (Wildman–Crippen MR) is 140 cm³/mol. The van der Waals surface area contributed by atoms with Gasteiger partial charge in [-0.3, -0.25) is 9.89 Å². The van der Waals surface area contributed by atoms with Crippen LogP contribution in [-0.2, 0) is 5.41 Å². The second kappa shape index (κ2) is 9.84. The smallest absolute Gasteiger partial charge is 0.266 e. The zero-order chi connectivity index (χ0) is 24.5. The van der Waals surface area contributed by atoms with Crippen LogP contribution in [0.2, 0.25) is 5.02 Å². The topological polar surface area (TPSA) is 72.3 Å². The van der Waals surface area contributed by atoms with Gasteiger partial charge in [0.1, 0.15) is 5.75 Å².